The van der Waals surface area contributed by atoms with E-state index in [0.29, 0.717) is 0 Å². The summed E-state index contributed by atoms with van der Waals surface area (Å²) in [6, 6.07) is 4.02. The highest BCUT2D eigenvalue weighted by Gasteiger charge is 2.11. The minimum atomic E-state index is 0.794. The highest BCUT2D eigenvalue weighted by molar-refractivity contribution is 5.43. The van der Waals surface area contributed by atoms with Crippen LogP contribution in [-0.4, -0.2) is 26.3 Å². The van der Waals surface area contributed by atoms with Crippen LogP contribution in [-0.2, 0) is 0 Å². The van der Waals surface area contributed by atoms with Gasteiger partial charge in [0.1, 0.15) is 12.7 Å². The minimum Gasteiger partial charge on any atom is -0.384 e. The van der Waals surface area contributed by atoms with Crippen LogP contribution in [0.4, 0.5) is 5.69 Å². The first kappa shape index (κ1) is 13.1. The molecule has 0 aliphatic heterocycles. The van der Waals surface area contributed by atoms with E-state index in [9.17, 15) is 0 Å². The number of anilines is 1. The van der Waals surface area contributed by atoms with Crippen LogP contribution in [0.3, 0.4) is 0 Å². The van der Waals surface area contributed by atoms with Crippen molar-refractivity contribution in [2.24, 2.45) is 5.92 Å². The first-order valence-electron chi connectivity index (χ1n) is 7.47. The summed E-state index contributed by atoms with van der Waals surface area (Å²) in [5, 5.41) is 7.58. The molecule has 5 nitrogen and oxygen atoms in total. The summed E-state index contributed by atoms with van der Waals surface area (Å²) in [4.78, 5) is 8.32. The average Bonchev–Trinajstić information content (AvgIpc) is 2.90. The van der Waals surface area contributed by atoms with Crippen LogP contribution in [0, 0.1) is 5.92 Å². The maximum atomic E-state index is 4.40. The van der Waals surface area contributed by atoms with Crippen molar-refractivity contribution in [1.82, 2.24) is 19.7 Å². The molecular weight excluding hydrogens is 250 g/mol. The summed E-state index contributed by atoms with van der Waals surface area (Å²) < 4.78 is 1.66. The van der Waals surface area contributed by atoms with E-state index in [4.69, 9.17) is 0 Å². The van der Waals surface area contributed by atoms with Gasteiger partial charge in [0.25, 0.3) is 0 Å². The zero-order valence-corrected chi connectivity index (χ0v) is 11.7. The van der Waals surface area contributed by atoms with Crippen LogP contribution < -0.4 is 5.32 Å². The summed E-state index contributed by atoms with van der Waals surface area (Å²) in [5.74, 6) is 1.61. The maximum Gasteiger partial charge on any atom is 0.155 e. The molecule has 1 saturated carbocycles. The minimum absolute atomic E-state index is 0.794. The van der Waals surface area contributed by atoms with Crippen molar-refractivity contribution in [2.75, 3.05) is 11.9 Å². The molecule has 0 radical (unpaired) electrons. The Labute approximate surface area is 119 Å². The second kappa shape index (κ2) is 6.50. The summed E-state index contributed by atoms with van der Waals surface area (Å²) in [6.45, 7) is 1.06. The van der Waals surface area contributed by atoms with Crippen molar-refractivity contribution in [2.45, 2.75) is 38.5 Å². The molecule has 3 rings (SSSR count). The number of aromatic nitrogens is 4. The summed E-state index contributed by atoms with van der Waals surface area (Å²) in [6.07, 6.45) is 13.3. The molecule has 0 bridgehead atoms. The van der Waals surface area contributed by atoms with Crippen molar-refractivity contribution >= 4 is 5.69 Å². The maximum absolute atomic E-state index is 4.40. The van der Waals surface area contributed by atoms with Crippen LogP contribution in [0.1, 0.15) is 38.5 Å². The van der Waals surface area contributed by atoms with Crippen molar-refractivity contribution in [1.29, 1.82) is 0 Å². The van der Waals surface area contributed by atoms with Crippen LogP contribution in [0.2, 0.25) is 0 Å². The smallest absolute Gasteiger partial charge is 0.155 e. The summed E-state index contributed by atoms with van der Waals surface area (Å²) in [7, 11) is 0. The highest BCUT2D eigenvalue weighted by Crippen LogP contribution is 2.23. The molecule has 1 N–H and O–H groups in total. The fraction of sp³-hybridized carbons (Fsp3) is 0.533. The zero-order chi connectivity index (χ0) is 13.6. The Hall–Kier alpha value is -1.91. The zero-order valence-electron chi connectivity index (χ0n) is 11.7. The van der Waals surface area contributed by atoms with Gasteiger partial charge in [-0.3, -0.25) is 0 Å². The normalized spacial score (nSPS) is 16.8. The van der Waals surface area contributed by atoms with Crippen LogP contribution >= 0.6 is 0 Å². The molecule has 2 aromatic heterocycles. The topological polar surface area (TPSA) is 55.6 Å². The summed E-state index contributed by atoms with van der Waals surface area (Å²) in [5.41, 5.74) is 1.08. The Morgan fingerprint density at radius 2 is 2.00 bits per heavy atom. The lowest BCUT2D eigenvalue weighted by molar-refractivity contribution is 0.483. The monoisotopic (exact) mass is 271 g/mol. The van der Waals surface area contributed by atoms with E-state index in [1.807, 2.05) is 12.3 Å². The Kier molecular flexibility index (Phi) is 4.25. The quantitative estimate of drug-likeness (QED) is 0.868. The SMILES string of the molecule is c1ncn(-c2ccc(NCC3CCCCCC3)cn2)n1. The van der Waals surface area contributed by atoms with Gasteiger partial charge in [-0.1, -0.05) is 25.7 Å². The van der Waals surface area contributed by atoms with Crippen LogP contribution in [0.25, 0.3) is 5.82 Å². The molecule has 106 valence electrons. The van der Waals surface area contributed by atoms with E-state index in [2.05, 4.69) is 26.4 Å². The molecule has 1 fully saturated rings. The van der Waals surface area contributed by atoms with E-state index >= 15 is 0 Å². The molecule has 0 unspecified atom stereocenters. The molecule has 1 aliphatic rings. The predicted molar refractivity (Wildman–Crippen MR) is 78.8 cm³/mol. The van der Waals surface area contributed by atoms with Gasteiger partial charge in [-0.15, -0.1) is 0 Å². The van der Waals surface area contributed by atoms with Gasteiger partial charge in [-0.25, -0.2) is 14.6 Å². The Morgan fingerprint density at radius 1 is 1.15 bits per heavy atom. The molecule has 2 heterocycles. The molecule has 0 spiro atoms. The fourth-order valence-electron chi connectivity index (χ4n) is 2.78. The van der Waals surface area contributed by atoms with Gasteiger partial charge in [0.15, 0.2) is 5.82 Å². The van der Waals surface area contributed by atoms with Gasteiger partial charge in [-0.05, 0) is 30.9 Å². The molecule has 2 aromatic rings. The van der Waals surface area contributed by atoms with Gasteiger partial charge >= 0.3 is 0 Å². The molecular formula is C15H21N5. The third-order valence-electron chi connectivity index (χ3n) is 3.97. The van der Waals surface area contributed by atoms with E-state index in [1.165, 1.54) is 44.9 Å². The van der Waals surface area contributed by atoms with Crippen LogP contribution in [0.15, 0.2) is 31.0 Å². The summed E-state index contributed by atoms with van der Waals surface area (Å²) >= 11 is 0. The Bertz CT molecular complexity index is 498. The van der Waals surface area contributed by atoms with E-state index < -0.39 is 0 Å². The lowest BCUT2D eigenvalue weighted by atomic mass is 10.0. The van der Waals surface area contributed by atoms with Gasteiger partial charge < -0.3 is 5.32 Å². The molecule has 0 atom stereocenters. The number of nitrogens with one attached hydrogen (secondary N) is 1. The standard InChI is InChI=1S/C15H21N5/c1-2-4-6-13(5-3-1)9-17-14-7-8-15(18-10-14)20-12-16-11-19-20/h7-8,10-13,17H,1-6,9H2. The predicted octanol–water partition coefficient (Wildman–Crippen LogP) is 3.04. The first-order chi connectivity index (χ1) is 9.92. The third-order valence-corrected chi connectivity index (χ3v) is 3.97. The molecule has 5 heteroatoms. The average molecular weight is 271 g/mol. The third kappa shape index (κ3) is 3.35. The number of pyridine rings is 1. The Balaban J connectivity index is 1.55. The fourth-order valence-corrected chi connectivity index (χ4v) is 2.78. The second-order valence-electron chi connectivity index (χ2n) is 5.48. The van der Waals surface area contributed by atoms with Gasteiger partial charge in [0, 0.05) is 6.54 Å². The highest BCUT2D eigenvalue weighted by atomic mass is 15.3. The number of hydrogen-bond acceptors (Lipinski definition) is 4. The van der Waals surface area contributed by atoms with Crippen LogP contribution in [0.5, 0.6) is 0 Å². The Morgan fingerprint density at radius 3 is 2.65 bits per heavy atom. The van der Waals surface area contributed by atoms with Gasteiger partial charge in [0.05, 0.1) is 11.9 Å². The van der Waals surface area contributed by atoms with Gasteiger partial charge in [0.2, 0.25) is 0 Å². The van der Waals surface area contributed by atoms with Crippen molar-refractivity contribution in [3.8, 4) is 5.82 Å². The van der Waals surface area contributed by atoms with E-state index in [-0.39, 0.29) is 0 Å². The van der Waals surface area contributed by atoms with Gasteiger partial charge in [-0.2, -0.15) is 5.10 Å². The number of hydrogen-bond donors (Lipinski definition) is 1. The van der Waals surface area contributed by atoms with E-state index in [1.54, 1.807) is 11.0 Å². The molecule has 0 aromatic carbocycles. The molecule has 0 saturated heterocycles. The first-order valence-corrected chi connectivity index (χ1v) is 7.47. The second-order valence-corrected chi connectivity index (χ2v) is 5.48. The van der Waals surface area contributed by atoms with Crippen molar-refractivity contribution < 1.29 is 0 Å². The lowest BCUT2D eigenvalue weighted by Crippen LogP contribution is -2.13. The molecule has 1 aliphatic carbocycles. The van der Waals surface area contributed by atoms with E-state index in [0.717, 1.165) is 24.0 Å². The number of rotatable bonds is 4. The lowest BCUT2D eigenvalue weighted by Gasteiger charge is -2.15. The van der Waals surface area contributed by atoms with Crippen molar-refractivity contribution in [3.05, 3.63) is 31.0 Å². The molecule has 0 amide bonds. The largest absolute Gasteiger partial charge is 0.384 e. The van der Waals surface area contributed by atoms with Crippen molar-refractivity contribution in [3.63, 3.8) is 0 Å². The number of nitrogens with zero attached hydrogens (tertiary/aromatic N) is 4. The molecule has 20 heavy (non-hydrogen) atoms.